The highest BCUT2D eigenvalue weighted by molar-refractivity contribution is 7.92. The van der Waals surface area contributed by atoms with Crippen LogP contribution in [0.5, 0.6) is 0 Å². The van der Waals surface area contributed by atoms with E-state index in [0.717, 1.165) is 19.2 Å². The molecule has 1 saturated carbocycles. The van der Waals surface area contributed by atoms with Crippen molar-refractivity contribution in [3.63, 3.8) is 0 Å². The molecular weight excluding hydrogens is 535 g/mol. The number of rotatable bonds is 9. The number of amides is 3. The third-order valence-electron chi connectivity index (χ3n) is 6.75. The van der Waals surface area contributed by atoms with E-state index in [1.54, 1.807) is 0 Å². The molecule has 2 fully saturated rings. The first-order valence-corrected chi connectivity index (χ1v) is 13.6. The maximum atomic E-state index is 14.3. The Balaban J connectivity index is 1.71. The molecule has 4 rings (SSSR count). The first-order valence-electron chi connectivity index (χ1n) is 12.0. The van der Waals surface area contributed by atoms with Crippen LogP contribution in [0.15, 0.2) is 41.3 Å². The van der Waals surface area contributed by atoms with Gasteiger partial charge in [-0.1, -0.05) is 0 Å². The molecule has 208 valence electrons. The number of sulfone groups is 1. The minimum atomic E-state index is -3.84. The summed E-state index contributed by atoms with van der Waals surface area (Å²) in [5.41, 5.74) is 5.29. The van der Waals surface area contributed by atoms with E-state index in [0.29, 0.717) is 12.8 Å². The number of carboxylic acids is 1. The molecule has 12 nitrogen and oxygen atoms in total. The second kappa shape index (κ2) is 10.9. The van der Waals surface area contributed by atoms with Gasteiger partial charge in [0.1, 0.15) is 5.82 Å². The van der Waals surface area contributed by atoms with Crippen molar-refractivity contribution in [3.05, 3.63) is 53.3 Å². The Bertz CT molecular complexity index is 1440. The molecule has 2 aromatic carbocycles. The zero-order valence-electron chi connectivity index (χ0n) is 20.8. The van der Waals surface area contributed by atoms with Gasteiger partial charge in [0.2, 0.25) is 11.8 Å². The largest absolute Gasteiger partial charge is 0.481 e. The number of methoxy groups -OCH3 is 1. The summed E-state index contributed by atoms with van der Waals surface area (Å²) in [6, 6.07) is 6.15. The molecule has 0 radical (unpaired) electrons. The van der Waals surface area contributed by atoms with Crippen LogP contribution in [0.3, 0.4) is 0 Å². The van der Waals surface area contributed by atoms with Gasteiger partial charge in [0.05, 0.1) is 41.4 Å². The van der Waals surface area contributed by atoms with Gasteiger partial charge in [-0.15, -0.1) is 0 Å². The summed E-state index contributed by atoms with van der Waals surface area (Å²) in [5, 5.41) is 14.4. The van der Waals surface area contributed by atoms with Crippen LogP contribution in [0.2, 0.25) is 0 Å². The molecule has 2 aliphatic rings. The number of nitrogens with two attached hydrogens (primary N) is 1. The molecule has 1 aliphatic carbocycles. The summed E-state index contributed by atoms with van der Waals surface area (Å²) >= 11 is 0. The average Bonchev–Trinajstić information content (AvgIpc) is 3.66. The van der Waals surface area contributed by atoms with Gasteiger partial charge in [-0.25, -0.2) is 17.6 Å². The van der Waals surface area contributed by atoms with E-state index in [9.17, 15) is 37.1 Å². The number of carboxylic acid groups (broad SMARTS) is 1. The monoisotopic (exact) mass is 562 g/mol. The van der Waals surface area contributed by atoms with Crippen LogP contribution in [-0.4, -0.2) is 67.8 Å². The van der Waals surface area contributed by atoms with Crippen molar-refractivity contribution >= 4 is 45.1 Å². The molecule has 0 spiro atoms. The number of benzene rings is 2. The van der Waals surface area contributed by atoms with Crippen molar-refractivity contribution < 1.29 is 41.8 Å². The molecule has 0 unspecified atom stereocenters. The summed E-state index contributed by atoms with van der Waals surface area (Å²) in [4.78, 5) is 49.9. The lowest BCUT2D eigenvalue weighted by molar-refractivity contribution is -0.143. The fraction of sp³-hybridized carbons (Fsp3) is 0.360. The first kappa shape index (κ1) is 27.8. The van der Waals surface area contributed by atoms with Crippen molar-refractivity contribution in [1.29, 1.82) is 0 Å². The number of anilines is 2. The van der Waals surface area contributed by atoms with Gasteiger partial charge in [0, 0.05) is 17.8 Å². The number of hydrogen-bond donors (Lipinski definition) is 4. The van der Waals surface area contributed by atoms with Crippen LogP contribution >= 0.6 is 0 Å². The zero-order chi connectivity index (χ0) is 28.5. The smallest absolute Gasteiger partial charge is 0.411 e. The standard InChI is InChI=1S/C25H27FN4O8S/c1-38-25(35)29-14-3-7-20(39(36,37)15-4-5-15)17(11-14)22-16(24(33)34)8-9-30(22)21(31)12-28-19-10-13(23(27)32)2-6-18(19)26/h2-3,6-7,10-11,15-16,22,28H,4-5,8-9,12H2,1H3,(H2,27,32)(H,29,35)(H,33,34)/t16-,22+/m0/s1. The van der Waals surface area contributed by atoms with E-state index >= 15 is 0 Å². The Morgan fingerprint density at radius 2 is 1.85 bits per heavy atom. The van der Waals surface area contributed by atoms with E-state index in [1.807, 2.05) is 0 Å². The lowest BCUT2D eigenvalue weighted by Crippen LogP contribution is -2.38. The predicted octanol–water partition coefficient (Wildman–Crippen LogP) is 2.13. The maximum absolute atomic E-state index is 14.3. The molecule has 1 saturated heterocycles. The van der Waals surface area contributed by atoms with Crippen LogP contribution in [0.1, 0.15) is 41.2 Å². The van der Waals surface area contributed by atoms with E-state index in [1.165, 1.54) is 29.2 Å². The number of hydrogen-bond acceptors (Lipinski definition) is 8. The number of nitrogens with zero attached hydrogens (tertiary/aromatic N) is 1. The van der Waals surface area contributed by atoms with Crippen LogP contribution in [-0.2, 0) is 24.2 Å². The molecule has 0 aromatic heterocycles. The molecule has 39 heavy (non-hydrogen) atoms. The molecular formula is C25H27FN4O8S. The van der Waals surface area contributed by atoms with Gasteiger partial charge < -0.3 is 25.8 Å². The Hall–Kier alpha value is -4.20. The fourth-order valence-electron chi connectivity index (χ4n) is 4.64. The Kier molecular flexibility index (Phi) is 7.77. The van der Waals surface area contributed by atoms with Crippen LogP contribution in [0.25, 0.3) is 0 Å². The summed E-state index contributed by atoms with van der Waals surface area (Å²) < 4.78 is 45.5. The molecule has 14 heteroatoms. The van der Waals surface area contributed by atoms with Gasteiger partial charge >= 0.3 is 12.1 Å². The van der Waals surface area contributed by atoms with Crippen LogP contribution < -0.4 is 16.4 Å². The van der Waals surface area contributed by atoms with Gasteiger partial charge in [0.15, 0.2) is 9.84 Å². The van der Waals surface area contributed by atoms with Gasteiger partial charge in [-0.3, -0.25) is 19.7 Å². The second-order valence-electron chi connectivity index (χ2n) is 9.29. The van der Waals surface area contributed by atoms with Crippen molar-refractivity contribution in [3.8, 4) is 0 Å². The molecule has 3 amide bonds. The third-order valence-corrected chi connectivity index (χ3v) is 9.08. The topological polar surface area (TPSA) is 185 Å². The molecule has 1 heterocycles. The maximum Gasteiger partial charge on any atom is 0.411 e. The second-order valence-corrected chi connectivity index (χ2v) is 11.5. The van der Waals surface area contributed by atoms with Crippen molar-refractivity contribution in [2.45, 2.75) is 35.4 Å². The minimum Gasteiger partial charge on any atom is -0.481 e. The van der Waals surface area contributed by atoms with E-state index in [2.05, 4.69) is 15.4 Å². The lowest BCUT2D eigenvalue weighted by Gasteiger charge is -2.29. The number of carbonyl (C=O) groups is 4. The zero-order valence-corrected chi connectivity index (χ0v) is 21.7. The lowest BCUT2D eigenvalue weighted by atomic mass is 9.93. The molecule has 5 N–H and O–H groups in total. The number of likely N-dealkylation sites (tertiary alicyclic amines) is 1. The highest BCUT2D eigenvalue weighted by Crippen LogP contribution is 2.44. The summed E-state index contributed by atoms with van der Waals surface area (Å²) in [6.45, 7) is -0.490. The molecule has 2 aromatic rings. The normalized spacial score (nSPS) is 18.9. The predicted molar refractivity (Wildman–Crippen MR) is 136 cm³/mol. The van der Waals surface area contributed by atoms with E-state index in [4.69, 9.17) is 5.73 Å². The average molecular weight is 563 g/mol. The number of aliphatic carboxylic acids is 1. The van der Waals surface area contributed by atoms with Crippen LogP contribution in [0.4, 0.5) is 20.6 Å². The van der Waals surface area contributed by atoms with E-state index < -0.39 is 63.3 Å². The Labute approximate surface area is 223 Å². The summed E-state index contributed by atoms with van der Waals surface area (Å²) in [7, 11) is -2.69. The number of ether oxygens (including phenoxy) is 1. The number of carbonyl (C=O) groups excluding carboxylic acids is 3. The number of halogens is 1. The van der Waals surface area contributed by atoms with Gasteiger partial charge in [0.25, 0.3) is 0 Å². The quantitative estimate of drug-likeness (QED) is 0.355. The number of nitrogens with one attached hydrogen (secondary N) is 2. The Morgan fingerprint density at radius 3 is 2.46 bits per heavy atom. The highest BCUT2D eigenvalue weighted by atomic mass is 32.2. The molecule has 0 bridgehead atoms. The molecule has 1 aliphatic heterocycles. The molecule has 2 atom stereocenters. The number of primary amides is 1. The van der Waals surface area contributed by atoms with Crippen molar-refractivity contribution in [1.82, 2.24) is 4.90 Å². The minimum absolute atomic E-state index is 0.0104. The highest BCUT2D eigenvalue weighted by Gasteiger charge is 2.46. The SMILES string of the molecule is COC(=O)Nc1ccc(S(=O)(=O)C2CC2)c([C@H]2[C@@H](C(=O)O)CCN2C(=O)CNc2cc(C(N)=O)ccc2F)c1. The first-order chi connectivity index (χ1) is 18.4. The third kappa shape index (κ3) is 5.79. The van der Waals surface area contributed by atoms with Gasteiger partial charge in [-0.2, -0.15) is 0 Å². The summed E-state index contributed by atoms with van der Waals surface area (Å²) in [5.74, 6) is -4.55. The van der Waals surface area contributed by atoms with Crippen molar-refractivity contribution in [2.24, 2.45) is 11.7 Å². The Morgan fingerprint density at radius 1 is 1.13 bits per heavy atom. The van der Waals surface area contributed by atoms with Gasteiger partial charge in [-0.05, 0) is 61.2 Å². The fourth-order valence-corrected chi connectivity index (χ4v) is 6.53. The van der Waals surface area contributed by atoms with Crippen molar-refractivity contribution in [2.75, 3.05) is 30.8 Å². The summed E-state index contributed by atoms with van der Waals surface area (Å²) in [6.07, 6.45) is 0.130. The van der Waals surface area contributed by atoms with E-state index in [-0.39, 0.29) is 40.4 Å². The van der Waals surface area contributed by atoms with Crippen LogP contribution in [0, 0.1) is 11.7 Å².